The van der Waals surface area contributed by atoms with Gasteiger partial charge in [-0.25, -0.2) is 18.0 Å². The summed E-state index contributed by atoms with van der Waals surface area (Å²) in [4.78, 5) is 12.3. The summed E-state index contributed by atoms with van der Waals surface area (Å²) in [5.41, 5.74) is 4.04. The molecule has 1 heterocycles. The van der Waals surface area contributed by atoms with Crippen LogP contribution in [0.5, 0.6) is 0 Å². The highest BCUT2D eigenvalue weighted by molar-refractivity contribution is 9.10. The third-order valence-corrected chi connectivity index (χ3v) is 4.12. The molecule has 0 spiro atoms. The predicted molar refractivity (Wildman–Crippen MR) is 84.0 cm³/mol. The Kier molecular flexibility index (Phi) is 5.42. The molecule has 0 radical (unpaired) electrons. The van der Waals surface area contributed by atoms with Crippen molar-refractivity contribution in [3.05, 3.63) is 56.3 Å². The third kappa shape index (κ3) is 3.22. The second-order valence-electron chi connectivity index (χ2n) is 5.00. The van der Waals surface area contributed by atoms with Gasteiger partial charge in [0.15, 0.2) is 11.6 Å². The maximum atomic E-state index is 14.5. The van der Waals surface area contributed by atoms with Gasteiger partial charge in [0.25, 0.3) is 0 Å². The number of carbonyl (C=O) groups is 1. The van der Waals surface area contributed by atoms with Crippen molar-refractivity contribution in [2.24, 2.45) is 5.73 Å². The van der Waals surface area contributed by atoms with Crippen LogP contribution in [0, 0.1) is 28.8 Å². The van der Waals surface area contributed by atoms with Gasteiger partial charge in [0, 0.05) is 5.56 Å². The molecule has 0 bridgehead atoms. The topological polar surface area (TPSA) is 85.3 Å². The quantitative estimate of drug-likeness (QED) is 0.462. The highest BCUT2D eigenvalue weighted by atomic mass is 79.9. The molecule has 1 aliphatic heterocycles. The zero-order valence-corrected chi connectivity index (χ0v) is 14.7. The summed E-state index contributed by atoms with van der Waals surface area (Å²) in [5.74, 6) is -7.14. The Labute approximate surface area is 149 Å². The van der Waals surface area contributed by atoms with Crippen molar-refractivity contribution in [1.29, 1.82) is 5.26 Å². The first kappa shape index (κ1) is 18.9. The van der Waals surface area contributed by atoms with Crippen LogP contribution < -0.4 is 5.73 Å². The second-order valence-corrected chi connectivity index (χ2v) is 5.85. The van der Waals surface area contributed by atoms with E-state index in [1.807, 2.05) is 0 Å². The summed E-state index contributed by atoms with van der Waals surface area (Å²) in [6.07, 6.45) is 0. The number of benzene rings is 1. The van der Waals surface area contributed by atoms with Crippen molar-refractivity contribution in [2.45, 2.75) is 19.8 Å². The van der Waals surface area contributed by atoms with E-state index in [1.54, 1.807) is 6.07 Å². The SMILES string of the molecule is CCOC(=O)C1=C(C)OC(N)=C(C#N)C1c1c(F)cc(Br)c(F)c1F. The number of hydrogen-bond donors (Lipinski definition) is 1. The fourth-order valence-corrected chi connectivity index (χ4v) is 2.86. The van der Waals surface area contributed by atoms with E-state index >= 15 is 0 Å². The average Bonchev–Trinajstić information content (AvgIpc) is 2.53. The van der Waals surface area contributed by atoms with Crippen molar-refractivity contribution in [3.8, 4) is 6.07 Å². The first-order valence-corrected chi connectivity index (χ1v) is 7.82. The van der Waals surface area contributed by atoms with Gasteiger partial charge in [0.2, 0.25) is 5.88 Å². The number of ether oxygens (including phenoxy) is 2. The molecule has 0 fully saturated rings. The van der Waals surface area contributed by atoms with E-state index in [0.29, 0.717) is 6.07 Å². The molecule has 1 atom stereocenters. The Balaban J connectivity index is 2.81. The van der Waals surface area contributed by atoms with Crippen molar-refractivity contribution in [1.82, 2.24) is 0 Å². The molecule has 1 aliphatic rings. The number of rotatable bonds is 3. The van der Waals surface area contributed by atoms with Crippen molar-refractivity contribution >= 4 is 21.9 Å². The number of nitrogens with two attached hydrogens (primary N) is 1. The molecule has 0 saturated heterocycles. The minimum atomic E-state index is -1.60. The summed E-state index contributed by atoms with van der Waals surface area (Å²) in [7, 11) is 0. The Hall–Kier alpha value is -2.47. The second kappa shape index (κ2) is 7.19. The van der Waals surface area contributed by atoms with Gasteiger partial charge in [-0.05, 0) is 35.8 Å². The van der Waals surface area contributed by atoms with E-state index in [4.69, 9.17) is 15.2 Å². The number of halogens is 4. The van der Waals surface area contributed by atoms with Gasteiger partial charge in [-0.15, -0.1) is 0 Å². The van der Waals surface area contributed by atoms with Crippen LogP contribution in [0.1, 0.15) is 25.3 Å². The van der Waals surface area contributed by atoms with Crippen LogP contribution in [-0.2, 0) is 14.3 Å². The molecule has 0 aromatic heterocycles. The highest BCUT2D eigenvalue weighted by Gasteiger charge is 2.40. The lowest BCUT2D eigenvalue weighted by molar-refractivity contribution is -0.139. The average molecular weight is 417 g/mol. The Morgan fingerprint density at radius 2 is 2.08 bits per heavy atom. The van der Waals surface area contributed by atoms with Gasteiger partial charge in [0.1, 0.15) is 23.2 Å². The molecule has 1 unspecified atom stereocenters. The number of esters is 1. The maximum absolute atomic E-state index is 14.5. The Morgan fingerprint density at radius 3 is 2.64 bits per heavy atom. The lowest BCUT2D eigenvalue weighted by Gasteiger charge is -2.27. The molecule has 2 N–H and O–H groups in total. The van der Waals surface area contributed by atoms with Gasteiger partial charge >= 0.3 is 5.97 Å². The van der Waals surface area contributed by atoms with Crippen LogP contribution in [0.4, 0.5) is 13.2 Å². The molecule has 9 heteroatoms. The maximum Gasteiger partial charge on any atom is 0.338 e. The van der Waals surface area contributed by atoms with Crippen LogP contribution in [0.25, 0.3) is 0 Å². The summed E-state index contributed by atoms with van der Waals surface area (Å²) in [6.45, 7) is 2.83. The molecule has 132 valence electrons. The van der Waals surface area contributed by atoms with Gasteiger partial charge < -0.3 is 15.2 Å². The first-order chi connectivity index (χ1) is 11.7. The van der Waals surface area contributed by atoms with Crippen LogP contribution in [0.3, 0.4) is 0 Å². The lowest BCUT2D eigenvalue weighted by Crippen LogP contribution is -2.27. The number of nitriles is 1. The van der Waals surface area contributed by atoms with Gasteiger partial charge in [-0.3, -0.25) is 0 Å². The molecule has 1 aromatic rings. The van der Waals surface area contributed by atoms with Crippen LogP contribution in [0.15, 0.2) is 33.3 Å². The molecule has 25 heavy (non-hydrogen) atoms. The third-order valence-electron chi connectivity index (χ3n) is 3.54. The monoisotopic (exact) mass is 416 g/mol. The molecule has 2 rings (SSSR count). The van der Waals surface area contributed by atoms with E-state index in [2.05, 4.69) is 15.9 Å². The van der Waals surface area contributed by atoms with Crippen molar-refractivity contribution < 1.29 is 27.4 Å². The predicted octanol–water partition coefficient (Wildman–Crippen LogP) is 3.51. The fraction of sp³-hybridized carbons (Fsp3) is 0.250. The van der Waals surface area contributed by atoms with E-state index in [9.17, 15) is 23.2 Å². The lowest BCUT2D eigenvalue weighted by atomic mass is 9.82. The summed E-state index contributed by atoms with van der Waals surface area (Å²) >= 11 is 2.69. The Bertz CT molecular complexity index is 859. The summed E-state index contributed by atoms with van der Waals surface area (Å²) in [6, 6.07) is 2.36. The van der Waals surface area contributed by atoms with Crippen LogP contribution in [0.2, 0.25) is 0 Å². The standard InChI is InChI=1S/C16H12BrF3N2O3/c1-3-24-16(23)10-6(2)25-15(22)7(5-21)11(10)12-9(18)4-8(17)13(19)14(12)20/h4,11H,3,22H2,1-2H3. The smallest absolute Gasteiger partial charge is 0.338 e. The largest absolute Gasteiger partial charge is 0.463 e. The molecule has 0 aliphatic carbocycles. The molecule has 5 nitrogen and oxygen atoms in total. The van der Waals surface area contributed by atoms with Crippen molar-refractivity contribution in [2.75, 3.05) is 6.61 Å². The van der Waals surface area contributed by atoms with E-state index in [1.165, 1.54) is 13.8 Å². The van der Waals surface area contributed by atoms with Crippen LogP contribution >= 0.6 is 15.9 Å². The number of allylic oxidation sites excluding steroid dienone is 2. The number of nitrogens with zero attached hydrogens (tertiary/aromatic N) is 1. The zero-order valence-electron chi connectivity index (χ0n) is 13.1. The molecule has 0 saturated carbocycles. The zero-order chi connectivity index (χ0) is 18.9. The van der Waals surface area contributed by atoms with Crippen LogP contribution in [-0.4, -0.2) is 12.6 Å². The van der Waals surface area contributed by atoms with E-state index < -0.39 is 50.8 Å². The minimum Gasteiger partial charge on any atom is -0.463 e. The first-order valence-electron chi connectivity index (χ1n) is 7.02. The summed E-state index contributed by atoms with van der Waals surface area (Å²) < 4.78 is 52.4. The summed E-state index contributed by atoms with van der Waals surface area (Å²) in [5, 5.41) is 9.32. The van der Waals surface area contributed by atoms with Gasteiger partial charge in [-0.2, -0.15) is 5.26 Å². The minimum absolute atomic E-state index is 0.0247. The normalized spacial score (nSPS) is 17.2. The highest BCUT2D eigenvalue weighted by Crippen LogP contribution is 2.42. The van der Waals surface area contributed by atoms with Gasteiger partial charge in [0.05, 0.1) is 22.6 Å². The Morgan fingerprint density at radius 1 is 1.44 bits per heavy atom. The van der Waals surface area contributed by atoms with E-state index in [0.717, 1.165) is 0 Å². The number of hydrogen-bond acceptors (Lipinski definition) is 5. The van der Waals surface area contributed by atoms with Crippen molar-refractivity contribution in [3.63, 3.8) is 0 Å². The van der Waals surface area contributed by atoms with E-state index in [-0.39, 0.29) is 17.9 Å². The number of carbonyl (C=O) groups excluding carboxylic acids is 1. The molecular weight excluding hydrogens is 405 g/mol. The fourth-order valence-electron chi connectivity index (χ4n) is 2.49. The molecule has 1 aromatic carbocycles. The molecule has 0 amide bonds. The molecular formula is C16H12BrF3N2O3. The van der Waals surface area contributed by atoms with Gasteiger partial charge in [-0.1, -0.05) is 0 Å².